The van der Waals surface area contributed by atoms with Gasteiger partial charge in [0.25, 0.3) is 0 Å². The van der Waals surface area contributed by atoms with Crippen molar-refractivity contribution in [1.82, 2.24) is 4.72 Å². The van der Waals surface area contributed by atoms with Gasteiger partial charge in [-0.3, -0.25) is 0 Å². The Bertz CT molecular complexity index is 522. The molecule has 0 saturated carbocycles. The molecular formula is C15H17NOS. The lowest BCUT2D eigenvalue weighted by atomic mass is 10.1. The van der Waals surface area contributed by atoms with Crippen molar-refractivity contribution in [2.45, 2.75) is 24.8 Å². The summed E-state index contributed by atoms with van der Waals surface area (Å²) in [5, 5.41) is 0. The van der Waals surface area contributed by atoms with Crippen LogP contribution in [0, 0.1) is 6.92 Å². The van der Waals surface area contributed by atoms with E-state index in [-0.39, 0.29) is 6.04 Å². The lowest BCUT2D eigenvalue weighted by molar-refractivity contribution is 0.651. The Balaban J connectivity index is 2.06. The van der Waals surface area contributed by atoms with Gasteiger partial charge in [-0.2, -0.15) is 0 Å². The zero-order valence-electron chi connectivity index (χ0n) is 10.6. The minimum absolute atomic E-state index is 0.0633. The zero-order chi connectivity index (χ0) is 13.0. The summed E-state index contributed by atoms with van der Waals surface area (Å²) in [5.41, 5.74) is 2.31. The highest BCUT2D eigenvalue weighted by molar-refractivity contribution is 7.83. The number of aryl methyl sites for hydroxylation is 1. The van der Waals surface area contributed by atoms with Crippen LogP contribution in [0.1, 0.15) is 24.1 Å². The van der Waals surface area contributed by atoms with E-state index >= 15 is 0 Å². The Morgan fingerprint density at radius 2 is 1.61 bits per heavy atom. The second-order valence-electron chi connectivity index (χ2n) is 4.33. The lowest BCUT2D eigenvalue weighted by Gasteiger charge is -2.13. The highest BCUT2D eigenvalue weighted by Gasteiger charge is 2.09. The Morgan fingerprint density at radius 3 is 2.22 bits per heavy atom. The van der Waals surface area contributed by atoms with Crippen molar-refractivity contribution in [1.29, 1.82) is 0 Å². The van der Waals surface area contributed by atoms with E-state index in [1.54, 1.807) is 0 Å². The molecule has 94 valence electrons. The summed E-state index contributed by atoms with van der Waals surface area (Å²) >= 11 is 0. The molecule has 0 aliphatic rings. The SMILES string of the molecule is Cc1ccc([S@@](=O)N[C@@H](C)c2ccccc2)cc1. The molecule has 0 aliphatic heterocycles. The van der Waals surface area contributed by atoms with Crippen molar-refractivity contribution in [3.8, 4) is 0 Å². The van der Waals surface area contributed by atoms with Crippen molar-refractivity contribution in [2.75, 3.05) is 0 Å². The van der Waals surface area contributed by atoms with Gasteiger partial charge >= 0.3 is 0 Å². The average Bonchev–Trinajstić information content (AvgIpc) is 2.40. The zero-order valence-corrected chi connectivity index (χ0v) is 11.4. The van der Waals surface area contributed by atoms with Crippen LogP contribution in [0.2, 0.25) is 0 Å². The van der Waals surface area contributed by atoms with E-state index in [1.165, 1.54) is 5.56 Å². The number of hydrogen-bond donors (Lipinski definition) is 1. The van der Waals surface area contributed by atoms with Crippen LogP contribution in [-0.2, 0) is 11.0 Å². The van der Waals surface area contributed by atoms with Crippen molar-refractivity contribution in [3.63, 3.8) is 0 Å². The predicted octanol–water partition coefficient (Wildman–Crippen LogP) is 3.37. The Morgan fingerprint density at radius 1 is 1.00 bits per heavy atom. The molecule has 0 heterocycles. The first kappa shape index (κ1) is 13.0. The minimum atomic E-state index is -1.17. The first-order valence-electron chi connectivity index (χ1n) is 5.96. The number of benzene rings is 2. The summed E-state index contributed by atoms with van der Waals surface area (Å²) < 4.78 is 15.2. The van der Waals surface area contributed by atoms with Crippen molar-refractivity contribution < 1.29 is 4.21 Å². The third-order valence-electron chi connectivity index (χ3n) is 2.82. The molecule has 2 atom stereocenters. The molecule has 0 aromatic heterocycles. The molecule has 3 heteroatoms. The largest absolute Gasteiger partial charge is 0.237 e. The summed E-state index contributed by atoms with van der Waals surface area (Å²) in [5.74, 6) is 0. The molecule has 2 aromatic carbocycles. The predicted molar refractivity (Wildman–Crippen MR) is 75.6 cm³/mol. The van der Waals surface area contributed by atoms with E-state index in [4.69, 9.17) is 0 Å². The molecule has 0 spiro atoms. The maximum atomic E-state index is 12.1. The van der Waals surface area contributed by atoms with Gasteiger partial charge in [0.1, 0.15) is 11.0 Å². The second-order valence-corrected chi connectivity index (χ2v) is 5.58. The molecular weight excluding hydrogens is 242 g/mol. The second kappa shape index (κ2) is 5.94. The van der Waals surface area contributed by atoms with Crippen LogP contribution in [0.25, 0.3) is 0 Å². The van der Waals surface area contributed by atoms with E-state index in [0.717, 1.165) is 10.5 Å². The van der Waals surface area contributed by atoms with E-state index in [9.17, 15) is 4.21 Å². The first-order chi connectivity index (χ1) is 8.66. The Kier molecular flexibility index (Phi) is 4.28. The molecule has 0 saturated heterocycles. The van der Waals surface area contributed by atoms with Gasteiger partial charge in [0.2, 0.25) is 0 Å². The van der Waals surface area contributed by atoms with E-state index < -0.39 is 11.0 Å². The van der Waals surface area contributed by atoms with Gasteiger partial charge in [-0.1, -0.05) is 48.0 Å². The van der Waals surface area contributed by atoms with Gasteiger partial charge in [0.15, 0.2) is 0 Å². The quantitative estimate of drug-likeness (QED) is 0.896. The van der Waals surface area contributed by atoms with Gasteiger partial charge in [0.05, 0.1) is 4.90 Å². The molecule has 2 rings (SSSR count). The normalized spacial score (nSPS) is 14.1. The van der Waals surface area contributed by atoms with E-state index in [0.29, 0.717) is 0 Å². The fourth-order valence-electron chi connectivity index (χ4n) is 1.70. The van der Waals surface area contributed by atoms with Crippen LogP contribution in [-0.4, -0.2) is 4.21 Å². The number of rotatable bonds is 4. The van der Waals surface area contributed by atoms with E-state index in [2.05, 4.69) is 4.72 Å². The van der Waals surface area contributed by atoms with Crippen LogP contribution in [0.3, 0.4) is 0 Å². The third kappa shape index (κ3) is 3.28. The van der Waals surface area contributed by atoms with Gasteiger partial charge in [-0.05, 0) is 31.5 Å². The van der Waals surface area contributed by atoms with Gasteiger partial charge < -0.3 is 0 Å². The highest BCUT2D eigenvalue weighted by atomic mass is 32.2. The summed E-state index contributed by atoms with van der Waals surface area (Å²) in [6.45, 7) is 4.04. The Labute approximate surface area is 111 Å². The first-order valence-corrected chi connectivity index (χ1v) is 7.11. The summed E-state index contributed by atoms with van der Waals surface area (Å²) in [4.78, 5) is 0.809. The number of nitrogens with one attached hydrogen (secondary N) is 1. The fraction of sp³-hybridized carbons (Fsp3) is 0.200. The van der Waals surface area contributed by atoms with Gasteiger partial charge in [-0.25, -0.2) is 8.93 Å². The molecule has 2 aromatic rings. The standard InChI is InChI=1S/C15H17NOS/c1-12-8-10-15(11-9-12)18(17)16-13(2)14-6-4-3-5-7-14/h3-11,13,16H,1-2H3/t13-,18+/m0/s1. The van der Waals surface area contributed by atoms with E-state index in [1.807, 2.05) is 68.4 Å². The maximum Gasteiger partial charge on any atom is 0.125 e. The smallest absolute Gasteiger partial charge is 0.125 e. The Hall–Kier alpha value is -1.45. The van der Waals surface area contributed by atoms with Gasteiger partial charge in [-0.15, -0.1) is 0 Å². The molecule has 1 N–H and O–H groups in total. The van der Waals surface area contributed by atoms with Crippen LogP contribution >= 0.6 is 0 Å². The van der Waals surface area contributed by atoms with Crippen LogP contribution < -0.4 is 4.72 Å². The molecule has 2 nitrogen and oxygen atoms in total. The maximum absolute atomic E-state index is 12.1. The summed E-state index contributed by atoms with van der Waals surface area (Å²) in [6, 6.07) is 17.8. The molecule has 0 unspecified atom stereocenters. The molecule has 0 radical (unpaired) electrons. The van der Waals surface area contributed by atoms with Gasteiger partial charge in [0, 0.05) is 6.04 Å². The molecule has 0 bridgehead atoms. The van der Waals surface area contributed by atoms with Crippen molar-refractivity contribution in [2.24, 2.45) is 0 Å². The molecule has 0 fully saturated rings. The van der Waals surface area contributed by atoms with Crippen LogP contribution in [0.15, 0.2) is 59.5 Å². The average molecular weight is 259 g/mol. The topological polar surface area (TPSA) is 29.1 Å². The highest BCUT2D eigenvalue weighted by Crippen LogP contribution is 2.14. The molecule has 0 amide bonds. The lowest BCUT2D eigenvalue weighted by Crippen LogP contribution is -2.21. The monoisotopic (exact) mass is 259 g/mol. The summed E-state index contributed by atoms with van der Waals surface area (Å²) in [6.07, 6.45) is 0. The van der Waals surface area contributed by atoms with Crippen LogP contribution in [0.5, 0.6) is 0 Å². The fourth-order valence-corrected chi connectivity index (χ4v) is 2.68. The minimum Gasteiger partial charge on any atom is -0.237 e. The van der Waals surface area contributed by atoms with Crippen molar-refractivity contribution in [3.05, 3.63) is 65.7 Å². The van der Waals surface area contributed by atoms with Crippen molar-refractivity contribution >= 4 is 11.0 Å². The third-order valence-corrected chi connectivity index (χ3v) is 4.09. The molecule has 0 aliphatic carbocycles. The van der Waals surface area contributed by atoms with Crippen LogP contribution in [0.4, 0.5) is 0 Å². The molecule has 18 heavy (non-hydrogen) atoms. The summed E-state index contributed by atoms with van der Waals surface area (Å²) in [7, 11) is -1.17. The number of hydrogen-bond acceptors (Lipinski definition) is 1.